The summed E-state index contributed by atoms with van der Waals surface area (Å²) in [6, 6.07) is 7.81. The van der Waals surface area contributed by atoms with E-state index in [4.69, 9.17) is 0 Å². The maximum Gasteiger partial charge on any atom is 0.247 e. The van der Waals surface area contributed by atoms with E-state index in [2.05, 4.69) is 30.6 Å². The highest BCUT2D eigenvalue weighted by atomic mass is 16.1. The molecule has 0 aliphatic carbocycles. The van der Waals surface area contributed by atoms with Gasteiger partial charge in [-0.05, 0) is 38.1 Å². The molecule has 3 heteroatoms. The Morgan fingerprint density at radius 2 is 2.12 bits per heavy atom. The van der Waals surface area contributed by atoms with Crippen molar-refractivity contribution in [3.05, 3.63) is 36.9 Å². The lowest BCUT2D eigenvalue weighted by molar-refractivity contribution is -0.111. The monoisotopic (exact) mass is 218 g/mol. The first-order valence-electron chi connectivity index (χ1n) is 5.49. The molecule has 1 rings (SSSR count). The van der Waals surface area contributed by atoms with E-state index in [-0.39, 0.29) is 5.91 Å². The van der Waals surface area contributed by atoms with Gasteiger partial charge in [0.2, 0.25) is 5.91 Å². The summed E-state index contributed by atoms with van der Waals surface area (Å²) >= 11 is 0. The number of hydrogen-bond acceptors (Lipinski definition) is 2. The van der Waals surface area contributed by atoms with Crippen LogP contribution in [0.25, 0.3) is 0 Å². The van der Waals surface area contributed by atoms with E-state index < -0.39 is 0 Å². The minimum atomic E-state index is -0.184. The Morgan fingerprint density at radius 3 is 2.69 bits per heavy atom. The fraction of sp³-hybridized carbons (Fsp3) is 0.308. The number of benzene rings is 1. The maximum absolute atomic E-state index is 11.2. The predicted octanol–water partition coefficient (Wildman–Crippen LogP) is 2.66. The summed E-state index contributed by atoms with van der Waals surface area (Å²) in [4.78, 5) is 13.4. The Labute approximate surface area is 96.8 Å². The van der Waals surface area contributed by atoms with Crippen LogP contribution in [-0.2, 0) is 4.79 Å². The number of anilines is 2. The Kier molecular flexibility index (Phi) is 4.58. The summed E-state index contributed by atoms with van der Waals surface area (Å²) < 4.78 is 0. The van der Waals surface area contributed by atoms with E-state index in [0.717, 1.165) is 24.5 Å². The average molecular weight is 218 g/mol. The predicted molar refractivity (Wildman–Crippen MR) is 68.8 cm³/mol. The van der Waals surface area contributed by atoms with Gasteiger partial charge in [0.15, 0.2) is 0 Å². The molecule has 86 valence electrons. The Hall–Kier alpha value is -1.77. The Bertz CT molecular complexity index is 370. The van der Waals surface area contributed by atoms with E-state index in [1.54, 1.807) is 0 Å². The maximum atomic E-state index is 11.2. The van der Waals surface area contributed by atoms with E-state index in [0.29, 0.717) is 0 Å². The van der Waals surface area contributed by atoms with Gasteiger partial charge < -0.3 is 10.2 Å². The van der Waals surface area contributed by atoms with Crippen LogP contribution >= 0.6 is 0 Å². The fourth-order valence-corrected chi connectivity index (χ4v) is 1.56. The first-order valence-corrected chi connectivity index (χ1v) is 5.49. The molecule has 0 bridgehead atoms. The second-order valence-corrected chi connectivity index (χ2v) is 3.42. The van der Waals surface area contributed by atoms with Gasteiger partial charge in [-0.2, -0.15) is 0 Å². The summed E-state index contributed by atoms with van der Waals surface area (Å²) in [5.41, 5.74) is 1.92. The third kappa shape index (κ3) is 3.12. The van der Waals surface area contributed by atoms with Crippen molar-refractivity contribution < 1.29 is 4.79 Å². The van der Waals surface area contributed by atoms with Crippen LogP contribution in [0.5, 0.6) is 0 Å². The molecule has 0 spiro atoms. The molecule has 0 aromatic heterocycles. The van der Waals surface area contributed by atoms with Gasteiger partial charge in [0.25, 0.3) is 0 Å². The molecule has 1 amide bonds. The second kappa shape index (κ2) is 5.95. The molecule has 0 atom stereocenters. The van der Waals surface area contributed by atoms with Crippen molar-refractivity contribution in [2.75, 3.05) is 23.3 Å². The molecule has 3 nitrogen and oxygen atoms in total. The molecule has 0 radical (unpaired) electrons. The highest BCUT2D eigenvalue weighted by molar-refractivity contribution is 5.99. The molecule has 16 heavy (non-hydrogen) atoms. The molecule has 0 fully saturated rings. The molecule has 1 aromatic rings. The number of hydrogen-bond donors (Lipinski definition) is 1. The van der Waals surface area contributed by atoms with Crippen molar-refractivity contribution in [2.45, 2.75) is 13.8 Å². The van der Waals surface area contributed by atoms with Gasteiger partial charge in [-0.1, -0.05) is 12.6 Å². The summed E-state index contributed by atoms with van der Waals surface area (Å²) in [6.45, 7) is 9.55. The molecule has 0 aliphatic rings. The Morgan fingerprint density at radius 1 is 1.44 bits per heavy atom. The molecule has 0 saturated carbocycles. The smallest absolute Gasteiger partial charge is 0.247 e. The molecule has 1 N–H and O–H groups in total. The number of carbonyl (C=O) groups is 1. The lowest BCUT2D eigenvalue weighted by Gasteiger charge is -2.21. The zero-order valence-electron chi connectivity index (χ0n) is 9.86. The third-order valence-corrected chi connectivity index (χ3v) is 2.43. The molecule has 0 unspecified atom stereocenters. The van der Waals surface area contributed by atoms with Gasteiger partial charge in [-0.3, -0.25) is 4.79 Å². The van der Waals surface area contributed by atoms with E-state index in [1.807, 2.05) is 24.3 Å². The first-order chi connectivity index (χ1) is 7.71. The zero-order chi connectivity index (χ0) is 12.0. The molecule has 1 aromatic carbocycles. The molecular weight excluding hydrogens is 200 g/mol. The second-order valence-electron chi connectivity index (χ2n) is 3.42. The summed E-state index contributed by atoms with van der Waals surface area (Å²) in [5, 5.41) is 2.75. The number of rotatable bonds is 5. The molecule has 0 aliphatic heterocycles. The lowest BCUT2D eigenvalue weighted by atomic mass is 10.2. The van der Waals surface area contributed by atoms with E-state index in [9.17, 15) is 4.79 Å². The Balaban J connectivity index is 2.85. The van der Waals surface area contributed by atoms with E-state index >= 15 is 0 Å². The average Bonchev–Trinajstić information content (AvgIpc) is 2.31. The van der Waals surface area contributed by atoms with Crippen LogP contribution in [0.2, 0.25) is 0 Å². The molecule has 0 heterocycles. The van der Waals surface area contributed by atoms with Crippen LogP contribution in [-0.4, -0.2) is 19.0 Å². The van der Waals surface area contributed by atoms with Crippen molar-refractivity contribution in [1.82, 2.24) is 0 Å². The summed E-state index contributed by atoms with van der Waals surface area (Å²) in [6.07, 6.45) is 1.27. The fourth-order valence-electron chi connectivity index (χ4n) is 1.56. The normalized spacial score (nSPS) is 9.62. The number of amides is 1. The minimum absolute atomic E-state index is 0.184. The van der Waals surface area contributed by atoms with Crippen molar-refractivity contribution in [1.29, 1.82) is 0 Å². The zero-order valence-corrected chi connectivity index (χ0v) is 9.86. The van der Waals surface area contributed by atoms with Gasteiger partial charge in [0.05, 0.1) is 0 Å². The van der Waals surface area contributed by atoms with Crippen LogP contribution in [0, 0.1) is 0 Å². The van der Waals surface area contributed by atoms with Crippen LogP contribution in [0.15, 0.2) is 36.9 Å². The minimum Gasteiger partial charge on any atom is -0.372 e. The van der Waals surface area contributed by atoms with Gasteiger partial charge >= 0.3 is 0 Å². The highest BCUT2D eigenvalue weighted by Gasteiger charge is 2.03. The van der Waals surface area contributed by atoms with Crippen LogP contribution in [0.3, 0.4) is 0 Å². The third-order valence-electron chi connectivity index (χ3n) is 2.43. The number of nitrogens with one attached hydrogen (secondary N) is 1. The summed E-state index contributed by atoms with van der Waals surface area (Å²) in [7, 11) is 0. The van der Waals surface area contributed by atoms with Crippen LogP contribution < -0.4 is 10.2 Å². The summed E-state index contributed by atoms with van der Waals surface area (Å²) in [5.74, 6) is -0.184. The van der Waals surface area contributed by atoms with Crippen molar-refractivity contribution in [2.24, 2.45) is 0 Å². The first kappa shape index (κ1) is 12.3. The molecule has 0 saturated heterocycles. The highest BCUT2D eigenvalue weighted by Crippen LogP contribution is 2.19. The largest absolute Gasteiger partial charge is 0.372 e. The van der Waals surface area contributed by atoms with Crippen molar-refractivity contribution in [3.63, 3.8) is 0 Å². The number of nitrogens with zero attached hydrogens (tertiary/aromatic N) is 1. The van der Waals surface area contributed by atoms with Gasteiger partial charge in [0, 0.05) is 24.5 Å². The quantitative estimate of drug-likeness (QED) is 0.771. The van der Waals surface area contributed by atoms with Crippen molar-refractivity contribution in [3.8, 4) is 0 Å². The standard InChI is InChI=1S/C13H18N2O/c1-4-13(16)14-11-8-7-9-12(10-11)15(5-2)6-3/h4,7-10H,1,5-6H2,2-3H3,(H,14,16). The SMILES string of the molecule is C=CC(=O)Nc1cccc(N(CC)CC)c1. The topological polar surface area (TPSA) is 32.3 Å². The number of carbonyl (C=O) groups excluding carboxylic acids is 1. The van der Waals surface area contributed by atoms with Crippen molar-refractivity contribution >= 4 is 17.3 Å². The van der Waals surface area contributed by atoms with Gasteiger partial charge in [-0.15, -0.1) is 0 Å². The van der Waals surface area contributed by atoms with Gasteiger partial charge in [0.1, 0.15) is 0 Å². The van der Waals surface area contributed by atoms with Crippen LogP contribution in [0.4, 0.5) is 11.4 Å². The van der Waals surface area contributed by atoms with Gasteiger partial charge in [-0.25, -0.2) is 0 Å². The lowest BCUT2D eigenvalue weighted by Crippen LogP contribution is -2.21. The molecular formula is C13H18N2O. The van der Waals surface area contributed by atoms with E-state index in [1.165, 1.54) is 6.08 Å². The van der Waals surface area contributed by atoms with Crippen LogP contribution in [0.1, 0.15) is 13.8 Å².